The lowest BCUT2D eigenvalue weighted by molar-refractivity contribution is 1.13. The molecule has 0 aliphatic rings. The Labute approximate surface area is 142 Å². The highest BCUT2D eigenvalue weighted by molar-refractivity contribution is 6.22. The number of nitrogens with two attached hydrogens (primary N) is 1. The quantitative estimate of drug-likeness (QED) is 0.595. The van der Waals surface area contributed by atoms with E-state index in [0.717, 1.165) is 23.1 Å². The Kier molecular flexibility index (Phi) is 5.47. The molecule has 5 nitrogen and oxygen atoms in total. The third kappa shape index (κ3) is 3.51. The van der Waals surface area contributed by atoms with Gasteiger partial charge in [-0.1, -0.05) is 43.3 Å². The van der Waals surface area contributed by atoms with E-state index in [1.165, 1.54) is 0 Å². The van der Waals surface area contributed by atoms with Gasteiger partial charge in [-0.3, -0.25) is 20.7 Å². The second-order valence-electron chi connectivity index (χ2n) is 5.44. The SMILES string of the molecule is CCc1ccc(N(C(=N)N)C(C)=NC)c(C(=N)c2ccccc2)c1. The lowest BCUT2D eigenvalue weighted by Gasteiger charge is -2.25. The van der Waals surface area contributed by atoms with E-state index in [9.17, 15) is 0 Å². The maximum Gasteiger partial charge on any atom is 0.198 e. The number of hydrogen-bond acceptors (Lipinski definition) is 3. The molecule has 0 saturated heterocycles. The summed E-state index contributed by atoms with van der Waals surface area (Å²) in [6.45, 7) is 3.87. The summed E-state index contributed by atoms with van der Waals surface area (Å²) in [4.78, 5) is 5.72. The largest absolute Gasteiger partial charge is 0.369 e. The summed E-state index contributed by atoms with van der Waals surface area (Å²) in [5.41, 5.74) is 9.56. The number of nitrogens with zero attached hydrogens (tertiary/aromatic N) is 2. The highest BCUT2D eigenvalue weighted by Gasteiger charge is 2.20. The molecule has 0 saturated carbocycles. The standard InChI is InChI=1S/C19H23N5/c1-4-14-10-11-17(24(19(21)22)13(2)23-3)16(12-14)18(20)15-8-6-5-7-9-15/h5-12,20H,4H2,1-3H3,(H3,21,22). The molecule has 0 unspecified atom stereocenters. The molecule has 24 heavy (non-hydrogen) atoms. The van der Waals surface area contributed by atoms with Crippen molar-refractivity contribution in [2.24, 2.45) is 10.7 Å². The topological polar surface area (TPSA) is 89.3 Å². The Balaban J connectivity index is 2.64. The van der Waals surface area contributed by atoms with Gasteiger partial charge in [0.25, 0.3) is 0 Å². The molecule has 0 amide bonds. The van der Waals surface area contributed by atoms with Crippen LogP contribution in [0.15, 0.2) is 53.5 Å². The van der Waals surface area contributed by atoms with Crippen LogP contribution in [-0.2, 0) is 6.42 Å². The van der Waals surface area contributed by atoms with Gasteiger partial charge in [-0.05, 0) is 31.0 Å². The van der Waals surface area contributed by atoms with Gasteiger partial charge in [0.05, 0.1) is 11.4 Å². The predicted molar refractivity (Wildman–Crippen MR) is 102 cm³/mol. The summed E-state index contributed by atoms with van der Waals surface area (Å²) < 4.78 is 0. The summed E-state index contributed by atoms with van der Waals surface area (Å²) in [6.07, 6.45) is 0.871. The maximum atomic E-state index is 8.64. The van der Waals surface area contributed by atoms with Crippen LogP contribution in [0, 0.1) is 10.8 Å². The highest BCUT2D eigenvalue weighted by atomic mass is 15.3. The molecule has 2 rings (SSSR count). The van der Waals surface area contributed by atoms with E-state index >= 15 is 0 Å². The minimum atomic E-state index is -0.121. The van der Waals surface area contributed by atoms with Crippen molar-refractivity contribution in [3.05, 3.63) is 65.2 Å². The van der Waals surface area contributed by atoms with Crippen LogP contribution in [0.25, 0.3) is 0 Å². The molecule has 0 aromatic heterocycles. The van der Waals surface area contributed by atoms with Crippen molar-refractivity contribution in [1.82, 2.24) is 0 Å². The molecule has 0 spiro atoms. The smallest absolute Gasteiger partial charge is 0.198 e. The number of benzene rings is 2. The third-order valence-corrected chi connectivity index (χ3v) is 3.93. The first-order chi connectivity index (χ1) is 11.5. The summed E-state index contributed by atoms with van der Waals surface area (Å²) in [7, 11) is 1.66. The predicted octanol–water partition coefficient (Wildman–Crippen LogP) is 3.41. The summed E-state index contributed by atoms with van der Waals surface area (Å²) in [5, 5.41) is 16.6. The zero-order chi connectivity index (χ0) is 17.7. The van der Waals surface area contributed by atoms with Gasteiger partial charge in [-0.2, -0.15) is 0 Å². The number of nitrogens with one attached hydrogen (secondary N) is 2. The van der Waals surface area contributed by atoms with Crippen LogP contribution >= 0.6 is 0 Å². The van der Waals surface area contributed by atoms with Crippen LogP contribution in [-0.4, -0.2) is 24.6 Å². The van der Waals surface area contributed by atoms with Crippen LogP contribution < -0.4 is 10.6 Å². The lowest BCUT2D eigenvalue weighted by Crippen LogP contribution is -2.41. The molecule has 0 fully saturated rings. The van der Waals surface area contributed by atoms with Crippen molar-refractivity contribution < 1.29 is 0 Å². The van der Waals surface area contributed by atoms with Gasteiger partial charge >= 0.3 is 0 Å². The molecule has 4 N–H and O–H groups in total. The molecule has 0 aliphatic carbocycles. The van der Waals surface area contributed by atoms with E-state index in [0.29, 0.717) is 17.2 Å². The zero-order valence-corrected chi connectivity index (χ0v) is 14.3. The molecule has 2 aromatic rings. The average molecular weight is 321 g/mol. The first kappa shape index (κ1) is 17.4. The zero-order valence-electron chi connectivity index (χ0n) is 14.3. The van der Waals surface area contributed by atoms with E-state index in [1.54, 1.807) is 18.9 Å². The van der Waals surface area contributed by atoms with Gasteiger partial charge in [0.15, 0.2) is 5.96 Å². The first-order valence-corrected chi connectivity index (χ1v) is 7.84. The van der Waals surface area contributed by atoms with E-state index in [-0.39, 0.29) is 5.96 Å². The van der Waals surface area contributed by atoms with Crippen LogP contribution in [0.1, 0.15) is 30.5 Å². The van der Waals surface area contributed by atoms with Gasteiger partial charge in [-0.15, -0.1) is 0 Å². The van der Waals surface area contributed by atoms with Gasteiger partial charge < -0.3 is 5.73 Å². The van der Waals surface area contributed by atoms with Crippen molar-refractivity contribution in [2.45, 2.75) is 20.3 Å². The van der Waals surface area contributed by atoms with Crippen LogP contribution in [0.3, 0.4) is 0 Å². The number of rotatable bonds is 4. The monoisotopic (exact) mass is 321 g/mol. The summed E-state index contributed by atoms with van der Waals surface area (Å²) >= 11 is 0. The van der Waals surface area contributed by atoms with E-state index in [4.69, 9.17) is 16.6 Å². The number of aryl methyl sites for hydroxylation is 1. The number of aliphatic imine (C=N–C) groups is 1. The molecule has 2 aromatic carbocycles. The fraction of sp³-hybridized carbons (Fsp3) is 0.211. The normalized spacial score (nSPS) is 11.2. The van der Waals surface area contributed by atoms with Gasteiger partial charge in [0.2, 0.25) is 0 Å². The Morgan fingerprint density at radius 3 is 2.33 bits per heavy atom. The van der Waals surface area contributed by atoms with Crippen molar-refractivity contribution in [1.29, 1.82) is 10.8 Å². The number of amidine groups is 1. The Morgan fingerprint density at radius 2 is 1.79 bits per heavy atom. The molecule has 124 valence electrons. The fourth-order valence-electron chi connectivity index (χ4n) is 2.54. The molecule has 0 bridgehead atoms. The van der Waals surface area contributed by atoms with Crippen molar-refractivity contribution in [2.75, 3.05) is 11.9 Å². The molecular formula is C19H23N5. The van der Waals surface area contributed by atoms with Crippen molar-refractivity contribution in [3.63, 3.8) is 0 Å². The second kappa shape index (κ2) is 7.55. The van der Waals surface area contributed by atoms with Gasteiger partial charge in [0, 0.05) is 18.2 Å². The highest BCUT2D eigenvalue weighted by Crippen LogP contribution is 2.25. The molecule has 0 heterocycles. The summed E-state index contributed by atoms with van der Waals surface area (Å²) in [6, 6.07) is 15.5. The Bertz CT molecular complexity index is 778. The van der Waals surface area contributed by atoms with Gasteiger partial charge in [-0.25, -0.2) is 0 Å². The summed E-state index contributed by atoms with van der Waals surface area (Å²) in [5.74, 6) is 0.485. The average Bonchev–Trinajstić information content (AvgIpc) is 2.61. The van der Waals surface area contributed by atoms with E-state index in [2.05, 4.69) is 11.9 Å². The van der Waals surface area contributed by atoms with E-state index < -0.39 is 0 Å². The molecular weight excluding hydrogens is 298 g/mol. The number of guanidine groups is 1. The van der Waals surface area contributed by atoms with Crippen molar-refractivity contribution in [3.8, 4) is 0 Å². The lowest BCUT2D eigenvalue weighted by atomic mass is 9.97. The molecule has 5 heteroatoms. The minimum absolute atomic E-state index is 0.121. The van der Waals surface area contributed by atoms with Gasteiger partial charge in [0.1, 0.15) is 5.84 Å². The van der Waals surface area contributed by atoms with Crippen molar-refractivity contribution >= 4 is 23.2 Å². The third-order valence-electron chi connectivity index (χ3n) is 3.93. The maximum absolute atomic E-state index is 8.64. The second-order valence-corrected chi connectivity index (χ2v) is 5.44. The Hall–Kier alpha value is -2.95. The molecule has 0 radical (unpaired) electrons. The van der Waals surface area contributed by atoms with Crippen LogP contribution in [0.5, 0.6) is 0 Å². The molecule has 0 aliphatic heterocycles. The molecule has 0 atom stereocenters. The minimum Gasteiger partial charge on any atom is -0.369 e. The Morgan fingerprint density at radius 1 is 1.12 bits per heavy atom. The number of anilines is 1. The van der Waals surface area contributed by atoms with Crippen LogP contribution in [0.2, 0.25) is 0 Å². The van der Waals surface area contributed by atoms with Crippen LogP contribution in [0.4, 0.5) is 5.69 Å². The van der Waals surface area contributed by atoms with E-state index in [1.807, 2.05) is 48.5 Å². The fourth-order valence-corrected chi connectivity index (χ4v) is 2.54. The first-order valence-electron chi connectivity index (χ1n) is 7.84. The number of hydrogen-bond donors (Lipinski definition) is 3.